The second-order valence-corrected chi connectivity index (χ2v) is 10.5. The van der Waals surface area contributed by atoms with E-state index in [1.54, 1.807) is 0 Å². The lowest BCUT2D eigenvalue weighted by Crippen LogP contribution is -2.25. The molecule has 3 fully saturated rings. The number of unbranched alkanes of at least 4 members (excludes halogenated alkanes) is 3. The van der Waals surface area contributed by atoms with Gasteiger partial charge in [0.1, 0.15) is 11.5 Å². The van der Waals surface area contributed by atoms with Gasteiger partial charge >= 0.3 is 0 Å². The molecule has 3 saturated carbocycles. The monoisotopic (exact) mass is 391 g/mol. The molecule has 2 N–H and O–H groups in total. The summed E-state index contributed by atoms with van der Waals surface area (Å²) in [7, 11) is 0. The van der Waals surface area contributed by atoms with Crippen LogP contribution in [-0.4, -0.2) is 10.2 Å². The van der Waals surface area contributed by atoms with Crippen molar-refractivity contribution in [2.75, 3.05) is 0 Å². The molecule has 4 aliphatic carbocycles. The predicted octanol–water partition coefficient (Wildman–Crippen LogP) is 6.24. The van der Waals surface area contributed by atoms with E-state index in [0.29, 0.717) is 29.8 Å². The molecule has 0 bridgehead atoms. The van der Waals surface area contributed by atoms with Crippen LogP contribution >= 0.6 is 0 Å². The van der Waals surface area contributed by atoms with Crippen LogP contribution in [0.5, 0.6) is 11.5 Å². The van der Waals surface area contributed by atoms with Crippen LogP contribution < -0.4 is 0 Å². The number of hydrogen-bond donors (Lipinski definition) is 2. The van der Waals surface area contributed by atoms with E-state index in [1.807, 2.05) is 12.1 Å². The summed E-state index contributed by atoms with van der Waals surface area (Å²) in [6, 6.07) is 6.21. The van der Waals surface area contributed by atoms with Crippen molar-refractivity contribution in [1.82, 2.24) is 0 Å². The van der Waals surface area contributed by atoms with Gasteiger partial charge in [-0.2, -0.15) is 5.26 Å². The Hall–Kier alpha value is -1.95. The molecule has 4 aliphatic rings. The number of phenols is 2. The second kappa shape index (κ2) is 6.27. The highest BCUT2D eigenvalue weighted by atomic mass is 16.3. The topological polar surface area (TPSA) is 64.2 Å². The zero-order valence-corrected chi connectivity index (χ0v) is 17.8. The van der Waals surface area contributed by atoms with E-state index in [1.165, 1.54) is 24.8 Å². The number of allylic oxidation sites excluding steroid dienone is 2. The van der Waals surface area contributed by atoms with Gasteiger partial charge in [0, 0.05) is 17.4 Å². The Bertz CT molecular complexity index is 896. The van der Waals surface area contributed by atoms with Crippen LogP contribution in [0.1, 0.15) is 89.2 Å². The number of fused-ring (bicyclic) bond motifs is 1. The van der Waals surface area contributed by atoms with Crippen molar-refractivity contribution in [3.63, 3.8) is 0 Å². The number of aromatic hydroxyl groups is 2. The molecule has 29 heavy (non-hydrogen) atoms. The third kappa shape index (κ3) is 2.29. The van der Waals surface area contributed by atoms with Crippen LogP contribution in [0.4, 0.5) is 0 Å². The minimum Gasteiger partial charge on any atom is -0.507 e. The largest absolute Gasteiger partial charge is 0.507 e. The van der Waals surface area contributed by atoms with Crippen molar-refractivity contribution in [1.29, 1.82) is 5.26 Å². The highest BCUT2D eigenvalue weighted by molar-refractivity contribution is 5.66. The third-order valence-corrected chi connectivity index (χ3v) is 9.41. The number of rotatable bonds is 7. The van der Waals surface area contributed by atoms with Crippen molar-refractivity contribution in [3.8, 4) is 17.6 Å². The maximum atomic E-state index is 11.2. The molecule has 0 spiro atoms. The van der Waals surface area contributed by atoms with Gasteiger partial charge in [0.05, 0.1) is 6.07 Å². The van der Waals surface area contributed by atoms with Crippen LogP contribution in [-0.2, 0) is 10.8 Å². The van der Waals surface area contributed by atoms with E-state index in [4.69, 9.17) is 5.26 Å². The lowest BCUT2D eigenvalue weighted by molar-refractivity contribution is 0.221. The van der Waals surface area contributed by atoms with Crippen LogP contribution in [0.3, 0.4) is 0 Å². The Morgan fingerprint density at radius 1 is 1.10 bits per heavy atom. The van der Waals surface area contributed by atoms with Gasteiger partial charge in [-0.15, -0.1) is 0 Å². The summed E-state index contributed by atoms with van der Waals surface area (Å²) in [4.78, 5) is 0. The van der Waals surface area contributed by atoms with E-state index in [2.05, 4.69) is 26.0 Å². The Balaban J connectivity index is 1.45. The summed E-state index contributed by atoms with van der Waals surface area (Å²) >= 11 is 0. The first-order valence-corrected chi connectivity index (χ1v) is 11.5. The maximum absolute atomic E-state index is 11.2. The van der Waals surface area contributed by atoms with E-state index in [9.17, 15) is 10.2 Å². The SMILES string of the molecule is CC1=C[C@@]2(c3c(O)cc(C4(CCCCCC#N)CCCC4)cc3O)[C@@H]3CC1C32C. The molecule has 2 unspecified atom stereocenters. The molecule has 1 aromatic rings. The molecule has 1 aromatic carbocycles. The molecular formula is C26H33NO2. The van der Waals surface area contributed by atoms with Gasteiger partial charge in [-0.05, 0) is 79.4 Å². The second-order valence-electron chi connectivity index (χ2n) is 10.5. The van der Waals surface area contributed by atoms with Gasteiger partial charge in [0.25, 0.3) is 0 Å². The Labute approximate surface area is 174 Å². The highest BCUT2D eigenvalue weighted by Crippen LogP contribution is 2.89. The minimum atomic E-state index is -0.144. The van der Waals surface area contributed by atoms with Crippen LogP contribution in [0.25, 0.3) is 0 Å². The Morgan fingerprint density at radius 2 is 1.79 bits per heavy atom. The summed E-state index contributed by atoms with van der Waals surface area (Å²) < 4.78 is 0. The van der Waals surface area contributed by atoms with Crippen LogP contribution in [0.2, 0.25) is 0 Å². The van der Waals surface area contributed by atoms with E-state index < -0.39 is 0 Å². The molecule has 3 heteroatoms. The Morgan fingerprint density at radius 3 is 2.34 bits per heavy atom. The van der Waals surface area contributed by atoms with Crippen molar-refractivity contribution in [2.45, 2.75) is 88.9 Å². The molecule has 154 valence electrons. The molecule has 5 rings (SSSR count). The van der Waals surface area contributed by atoms with Gasteiger partial charge in [0.2, 0.25) is 0 Å². The summed E-state index contributed by atoms with van der Waals surface area (Å²) in [5, 5.41) is 31.1. The highest BCUT2D eigenvalue weighted by Gasteiger charge is 2.86. The first kappa shape index (κ1) is 19.0. The van der Waals surface area contributed by atoms with Crippen molar-refractivity contribution in [3.05, 3.63) is 34.9 Å². The molecule has 4 atom stereocenters. The van der Waals surface area contributed by atoms with Gasteiger partial charge < -0.3 is 10.2 Å². The molecule has 0 aliphatic heterocycles. The van der Waals surface area contributed by atoms with Crippen LogP contribution in [0.15, 0.2) is 23.8 Å². The number of hydrogen-bond acceptors (Lipinski definition) is 3. The maximum Gasteiger partial charge on any atom is 0.123 e. The number of phenolic OH excluding ortho intramolecular Hbond substituents is 2. The van der Waals surface area contributed by atoms with Crippen molar-refractivity contribution >= 4 is 0 Å². The summed E-state index contributed by atoms with van der Waals surface area (Å²) in [6.45, 7) is 4.55. The first-order chi connectivity index (χ1) is 13.9. The summed E-state index contributed by atoms with van der Waals surface area (Å²) in [5.41, 5.74) is 3.49. The number of nitrogens with zero attached hydrogens (tertiary/aromatic N) is 1. The van der Waals surface area contributed by atoms with E-state index >= 15 is 0 Å². The fourth-order valence-corrected chi connectivity index (χ4v) is 7.86. The smallest absolute Gasteiger partial charge is 0.123 e. The van der Waals surface area contributed by atoms with Gasteiger partial charge in [-0.25, -0.2) is 0 Å². The van der Waals surface area contributed by atoms with Gasteiger partial charge in [0.15, 0.2) is 0 Å². The van der Waals surface area contributed by atoms with Gasteiger partial charge in [-0.1, -0.05) is 44.3 Å². The first-order valence-electron chi connectivity index (χ1n) is 11.5. The molecule has 0 radical (unpaired) electrons. The number of nitriles is 1. The zero-order valence-electron chi connectivity index (χ0n) is 17.8. The fraction of sp³-hybridized carbons (Fsp3) is 0.654. The Kier molecular flexibility index (Phi) is 4.12. The minimum absolute atomic E-state index is 0.0776. The standard InChI is InChI=1S/C26H33NO2/c1-17-16-26(22-15-19(17)24(22,26)2)23-20(28)13-18(14-21(23)29)25(10-6-7-11-25)9-5-3-4-8-12-27/h13-14,16,19,22,28-29H,3-11,15H2,1-2H3/t19?,22-,24?,26+/m1/s1. The fourth-order valence-electron chi connectivity index (χ4n) is 7.86. The summed E-state index contributed by atoms with van der Waals surface area (Å²) in [5.74, 6) is 1.81. The normalized spacial score (nSPS) is 35.6. The lowest BCUT2D eigenvalue weighted by atomic mass is 9.72. The van der Waals surface area contributed by atoms with Crippen LogP contribution in [0, 0.1) is 28.6 Å². The number of benzene rings is 1. The molecular weight excluding hydrogens is 358 g/mol. The third-order valence-electron chi connectivity index (χ3n) is 9.41. The molecule has 0 heterocycles. The molecule has 0 saturated heterocycles. The quantitative estimate of drug-likeness (QED) is 0.427. The van der Waals surface area contributed by atoms with Crippen molar-refractivity contribution < 1.29 is 10.2 Å². The lowest BCUT2D eigenvalue weighted by Gasteiger charge is -2.32. The van der Waals surface area contributed by atoms with E-state index in [0.717, 1.165) is 49.7 Å². The molecule has 3 nitrogen and oxygen atoms in total. The summed E-state index contributed by atoms with van der Waals surface area (Å²) in [6.07, 6.45) is 13.1. The average molecular weight is 392 g/mol. The molecule has 0 amide bonds. The van der Waals surface area contributed by atoms with Gasteiger partial charge in [-0.3, -0.25) is 0 Å². The average Bonchev–Trinajstić information content (AvgIpc) is 3.04. The molecule has 0 aromatic heterocycles. The zero-order chi connectivity index (χ0) is 20.4. The predicted molar refractivity (Wildman–Crippen MR) is 114 cm³/mol. The van der Waals surface area contributed by atoms with Crippen molar-refractivity contribution in [2.24, 2.45) is 17.3 Å². The van der Waals surface area contributed by atoms with E-state index in [-0.39, 0.29) is 16.2 Å².